The minimum Gasteiger partial charge on any atom is -0.382 e. The van der Waals surface area contributed by atoms with Crippen molar-refractivity contribution in [3.05, 3.63) is 59.1 Å². The summed E-state index contributed by atoms with van der Waals surface area (Å²) in [5.41, 5.74) is 2.52. The monoisotopic (exact) mass is 372 g/mol. The number of halogens is 1. The van der Waals surface area contributed by atoms with Gasteiger partial charge in [-0.1, -0.05) is 46.8 Å². The molecule has 3 rings (SSSR count). The number of nitrogens with zero attached hydrogens (tertiary/aromatic N) is 3. The molecule has 1 N–H and O–H groups in total. The highest BCUT2D eigenvalue weighted by Gasteiger charge is 2.19. The first-order valence-corrected chi connectivity index (χ1v) is 8.93. The van der Waals surface area contributed by atoms with Crippen LogP contribution in [-0.4, -0.2) is 33.2 Å². The van der Waals surface area contributed by atoms with Crippen molar-refractivity contribution in [2.24, 2.45) is 0 Å². The Morgan fingerprint density at radius 2 is 2.00 bits per heavy atom. The number of hydrogen-bond acceptors (Lipinski definition) is 4. The molecule has 0 saturated heterocycles. The predicted molar refractivity (Wildman–Crippen MR) is 101 cm³/mol. The van der Waals surface area contributed by atoms with Gasteiger partial charge in [-0.2, -0.15) is 0 Å². The quantitative estimate of drug-likeness (QED) is 0.692. The van der Waals surface area contributed by atoms with Gasteiger partial charge in [-0.15, -0.1) is 5.10 Å². The van der Waals surface area contributed by atoms with Crippen molar-refractivity contribution in [3.63, 3.8) is 0 Å². The van der Waals surface area contributed by atoms with Crippen LogP contribution in [0.1, 0.15) is 25.8 Å². The summed E-state index contributed by atoms with van der Waals surface area (Å²) in [4.78, 5) is 19.2. The van der Waals surface area contributed by atoms with Crippen LogP contribution < -0.4 is 10.2 Å². The van der Waals surface area contributed by atoms with E-state index in [1.54, 1.807) is 25.1 Å². The third kappa shape index (κ3) is 4.52. The summed E-state index contributed by atoms with van der Waals surface area (Å²) in [6, 6.07) is 15.4. The van der Waals surface area contributed by atoms with Crippen LogP contribution in [0.3, 0.4) is 0 Å². The summed E-state index contributed by atoms with van der Waals surface area (Å²) in [5, 5.41) is 11.4. The first-order valence-electron chi connectivity index (χ1n) is 8.55. The normalized spacial score (nSPS) is 13.3. The summed E-state index contributed by atoms with van der Waals surface area (Å²) < 4.78 is 0. The minimum atomic E-state index is -0.710. The van der Waals surface area contributed by atoms with Crippen LogP contribution in [0.5, 0.6) is 0 Å². The predicted octanol–water partition coefficient (Wildman–Crippen LogP) is 3.04. The van der Waals surface area contributed by atoms with E-state index in [0.717, 1.165) is 12.8 Å². The topological polar surface area (TPSA) is 69.0 Å². The van der Waals surface area contributed by atoms with Crippen molar-refractivity contribution in [1.82, 2.24) is 20.5 Å². The molecular formula is C19H21ClN4O2. The van der Waals surface area contributed by atoms with Crippen molar-refractivity contribution >= 4 is 28.5 Å². The van der Waals surface area contributed by atoms with Crippen LogP contribution in [0.2, 0.25) is 5.02 Å². The number of aryl methyl sites for hydroxylation is 1. The number of hydrogen-bond donors (Lipinski definition) is 1. The lowest BCUT2D eigenvalue weighted by Crippen LogP contribution is -2.43. The van der Waals surface area contributed by atoms with Crippen LogP contribution in [0.4, 0.5) is 0 Å². The Bertz CT molecular complexity index is 882. The number of benzene rings is 2. The van der Waals surface area contributed by atoms with E-state index in [0.29, 0.717) is 16.1 Å². The highest BCUT2D eigenvalue weighted by molar-refractivity contribution is 6.31. The summed E-state index contributed by atoms with van der Waals surface area (Å²) in [6.07, 6.45) is 1.05. The highest BCUT2D eigenvalue weighted by Crippen LogP contribution is 2.16. The maximum atomic E-state index is 12.4. The van der Waals surface area contributed by atoms with Crippen molar-refractivity contribution in [3.8, 4) is 0 Å². The Labute approximate surface area is 157 Å². The zero-order valence-electron chi connectivity index (χ0n) is 14.7. The molecule has 3 aromatic rings. The molecule has 0 aliphatic rings. The molecule has 1 aromatic heterocycles. The Morgan fingerprint density at radius 3 is 2.77 bits per heavy atom. The zero-order chi connectivity index (χ0) is 18.5. The van der Waals surface area contributed by atoms with Crippen molar-refractivity contribution < 1.29 is 9.63 Å². The van der Waals surface area contributed by atoms with Crippen LogP contribution in [0.25, 0.3) is 11.0 Å². The van der Waals surface area contributed by atoms with Gasteiger partial charge in [-0.3, -0.25) is 4.79 Å². The van der Waals surface area contributed by atoms with Crippen LogP contribution >= 0.6 is 11.6 Å². The van der Waals surface area contributed by atoms with Gasteiger partial charge in [-0.05, 0) is 55.7 Å². The van der Waals surface area contributed by atoms with E-state index in [4.69, 9.17) is 16.4 Å². The third-order valence-corrected chi connectivity index (χ3v) is 4.34. The second kappa shape index (κ2) is 8.19. The summed E-state index contributed by atoms with van der Waals surface area (Å²) >= 11 is 6.00. The molecule has 1 heterocycles. The van der Waals surface area contributed by atoms with Crippen LogP contribution in [0, 0.1) is 0 Å². The van der Waals surface area contributed by atoms with E-state index in [-0.39, 0.29) is 11.9 Å². The molecule has 26 heavy (non-hydrogen) atoms. The first-order chi connectivity index (χ1) is 12.5. The fourth-order valence-electron chi connectivity index (χ4n) is 2.61. The van der Waals surface area contributed by atoms with Gasteiger partial charge in [0, 0.05) is 11.1 Å². The molecule has 0 fully saturated rings. The Morgan fingerprint density at radius 1 is 1.23 bits per heavy atom. The van der Waals surface area contributed by atoms with Gasteiger partial charge in [0.25, 0.3) is 5.91 Å². The summed E-state index contributed by atoms with van der Waals surface area (Å²) in [6.45, 7) is 3.66. The van der Waals surface area contributed by atoms with E-state index in [1.807, 2.05) is 25.1 Å². The highest BCUT2D eigenvalue weighted by atomic mass is 35.5. The van der Waals surface area contributed by atoms with E-state index < -0.39 is 6.10 Å². The molecule has 0 radical (unpaired) electrons. The Kier molecular flexibility index (Phi) is 5.73. The number of rotatable bonds is 7. The number of nitrogens with one attached hydrogen (secondary N) is 1. The maximum absolute atomic E-state index is 12.4. The number of carbonyl (C=O) groups excluding carboxylic acids is 1. The second-order valence-electron chi connectivity index (χ2n) is 6.28. The molecule has 0 aliphatic heterocycles. The zero-order valence-corrected chi connectivity index (χ0v) is 15.5. The largest absolute Gasteiger partial charge is 0.382 e. The average Bonchev–Trinajstić information content (AvgIpc) is 3.02. The Hall–Kier alpha value is -2.60. The molecule has 1 amide bonds. The fourth-order valence-corrected chi connectivity index (χ4v) is 2.77. The molecular weight excluding hydrogens is 352 g/mol. The van der Waals surface area contributed by atoms with E-state index in [1.165, 1.54) is 10.4 Å². The molecule has 0 aliphatic carbocycles. The average molecular weight is 373 g/mol. The van der Waals surface area contributed by atoms with E-state index in [2.05, 4.69) is 27.8 Å². The SMILES string of the molecule is C[C@@H](CCc1ccccc1)NC(=O)[C@@H](C)On1nnc2ccc(Cl)cc21. The number of carbonyl (C=O) groups is 1. The summed E-state index contributed by atoms with van der Waals surface area (Å²) in [7, 11) is 0. The first kappa shape index (κ1) is 18.2. The standard InChI is InChI=1S/C19H21ClN4O2/c1-13(8-9-15-6-4-3-5-7-15)21-19(25)14(2)26-24-18-12-16(20)10-11-17(18)22-23-24/h3-7,10-14H,8-9H2,1-2H3,(H,21,25)/t13-,14+/m0/s1. The van der Waals surface area contributed by atoms with Gasteiger partial charge in [-0.25, -0.2) is 0 Å². The van der Waals surface area contributed by atoms with Crippen molar-refractivity contribution in [2.45, 2.75) is 38.8 Å². The molecule has 2 atom stereocenters. The Balaban J connectivity index is 1.54. The number of aromatic nitrogens is 3. The molecule has 0 bridgehead atoms. The lowest BCUT2D eigenvalue weighted by atomic mass is 10.1. The fraction of sp³-hybridized carbons (Fsp3) is 0.316. The molecule has 136 valence electrons. The molecule has 7 heteroatoms. The van der Waals surface area contributed by atoms with Gasteiger partial charge in [0.05, 0.1) is 0 Å². The van der Waals surface area contributed by atoms with Gasteiger partial charge in [0.15, 0.2) is 0 Å². The summed E-state index contributed by atoms with van der Waals surface area (Å²) in [5.74, 6) is -0.198. The van der Waals surface area contributed by atoms with Crippen LogP contribution in [-0.2, 0) is 11.2 Å². The molecule has 0 spiro atoms. The maximum Gasteiger partial charge on any atom is 0.263 e. The van der Waals surface area contributed by atoms with Gasteiger partial charge in [0.1, 0.15) is 11.0 Å². The smallest absolute Gasteiger partial charge is 0.263 e. The molecule has 0 saturated carbocycles. The third-order valence-electron chi connectivity index (χ3n) is 4.10. The van der Waals surface area contributed by atoms with E-state index >= 15 is 0 Å². The van der Waals surface area contributed by atoms with Crippen molar-refractivity contribution in [1.29, 1.82) is 0 Å². The molecule has 0 unspecified atom stereocenters. The van der Waals surface area contributed by atoms with Crippen LogP contribution in [0.15, 0.2) is 48.5 Å². The number of fused-ring (bicyclic) bond motifs is 1. The number of amides is 1. The van der Waals surface area contributed by atoms with E-state index in [9.17, 15) is 4.79 Å². The van der Waals surface area contributed by atoms with Gasteiger partial charge >= 0.3 is 0 Å². The van der Waals surface area contributed by atoms with Crippen molar-refractivity contribution in [2.75, 3.05) is 0 Å². The molecule has 6 nitrogen and oxygen atoms in total. The molecule has 2 aromatic carbocycles. The second-order valence-corrected chi connectivity index (χ2v) is 6.71. The lowest BCUT2D eigenvalue weighted by Gasteiger charge is -2.18. The minimum absolute atomic E-state index is 0.0377. The lowest BCUT2D eigenvalue weighted by molar-refractivity contribution is -0.133. The van der Waals surface area contributed by atoms with Gasteiger partial charge in [0.2, 0.25) is 6.10 Å². The van der Waals surface area contributed by atoms with Gasteiger partial charge < -0.3 is 10.2 Å².